The fourth-order valence-corrected chi connectivity index (χ4v) is 2.80. The van der Waals surface area contributed by atoms with Crippen molar-refractivity contribution in [2.45, 2.75) is 30.7 Å². The summed E-state index contributed by atoms with van der Waals surface area (Å²) < 4.78 is 75.1. The van der Waals surface area contributed by atoms with Crippen LogP contribution in [-0.4, -0.2) is 46.3 Å². The Morgan fingerprint density at radius 1 is 1.05 bits per heavy atom. The highest BCUT2D eigenvalue weighted by molar-refractivity contribution is 5.92. The Morgan fingerprint density at radius 3 is 1.84 bits per heavy atom. The van der Waals surface area contributed by atoms with Crippen molar-refractivity contribution >= 4 is 11.9 Å². The number of hydrogen-bond acceptors (Lipinski definition) is 2. The Labute approximate surface area is 102 Å². The number of nitrogens with zero attached hydrogens (tertiary/aromatic N) is 1. The molecular formula is C9H7F6NO3. The van der Waals surface area contributed by atoms with E-state index in [1.807, 2.05) is 0 Å². The van der Waals surface area contributed by atoms with Crippen LogP contribution in [0.25, 0.3) is 0 Å². The third kappa shape index (κ3) is 1.61. The second-order valence-corrected chi connectivity index (χ2v) is 4.86. The highest BCUT2D eigenvalue weighted by Gasteiger charge is 2.80. The number of carbonyl (C=O) groups is 2. The van der Waals surface area contributed by atoms with Crippen molar-refractivity contribution in [3.8, 4) is 0 Å². The number of halogens is 6. The average Bonchev–Trinajstić information content (AvgIpc) is 2.63. The molecule has 0 unspecified atom stereocenters. The van der Waals surface area contributed by atoms with Gasteiger partial charge in [-0.15, -0.1) is 0 Å². The van der Waals surface area contributed by atoms with E-state index >= 15 is 0 Å². The molecule has 2 saturated heterocycles. The van der Waals surface area contributed by atoms with E-state index in [0.717, 1.165) is 0 Å². The van der Waals surface area contributed by atoms with Crippen LogP contribution in [0, 0.1) is 5.41 Å². The maximum atomic E-state index is 12.7. The van der Waals surface area contributed by atoms with Gasteiger partial charge in [0.05, 0.1) is 5.41 Å². The summed E-state index contributed by atoms with van der Waals surface area (Å²) in [6.07, 6.45) is -12.3. The number of alkyl halides is 6. The summed E-state index contributed by atoms with van der Waals surface area (Å²) in [6, 6.07) is 0. The molecule has 2 bridgehead atoms. The van der Waals surface area contributed by atoms with Crippen LogP contribution in [0.3, 0.4) is 0 Å². The largest absolute Gasteiger partial charge is 0.479 e. The lowest BCUT2D eigenvalue weighted by molar-refractivity contribution is -0.243. The van der Waals surface area contributed by atoms with Crippen molar-refractivity contribution in [3.63, 3.8) is 0 Å². The third-order valence-corrected chi connectivity index (χ3v) is 3.73. The topological polar surface area (TPSA) is 57.6 Å². The van der Waals surface area contributed by atoms with E-state index in [1.165, 1.54) is 0 Å². The van der Waals surface area contributed by atoms with Crippen molar-refractivity contribution in [1.82, 2.24) is 4.90 Å². The average molecular weight is 291 g/mol. The number of aliphatic carboxylic acids is 1. The molecule has 4 nitrogen and oxygen atoms in total. The molecule has 19 heavy (non-hydrogen) atoms. The molecule has 1 amide bonds. The number of carbonyl (C=O) groups excluding carboxylic acids is 1. The summed E-state index contributed by atoms with van der Waals surface area (Å²) in [7, 11) is 0. The predicted octanol–water partition coefficient (Wildman–Crippen LogP) is 1.56. The molecule has 0 atom stereocenters. The predicted molar refractivity (Wildman–Crippen MR) is 45.9 cm³/mol. The van der Waals surface area contributed by atoms with Crippen molar-refractivity contribution < 1.29 is 41.0 Å². The van der Waals surface area contributed by atoms with Gasteiger partial charge in [0, 0.05) is 6.54 Å². The van der Waals surface area contributed by atoms with Crippen molar-refractivity contribution in [1.29, 1.82) is 0 Å². The number of carboxylic acids is 1. The summed E-state index contributed by atoms with van der Waals surface area (Å²) in [5, 5.41) is 8.85. The van der Waals surface area contributed by atoms with Gasteiger partial charge in [-0.3, -0.25) is 4.79 Å². The number of rotatable bonds is 1. The molecule has 2 heterocycles. The van der Waals surface area contributed by atoms with E-state index in [2.05, 4.69) is 0 Å². The van der Waals surface area contributed by atoms with Gasteiger partial charge in [-0.25, -0.2) is 4.79 Å². The maximum Gasteiger partial charge on any atom is 0.471 e. The molecule has 108 valence electrons. The molecule has 1 N–H and O–H groups in total. The summed E-state index contributed by atoms with van der Waals surface area (Å²) in [5.74, 6) is -4.39. The zero-order valence-corrected chi connectivity index (χ0v) is 9.10. The lowest BCUT2D eigenvalue weighted by Crippen LogP contribution is -2.61. The smallest absolute Gasteiger partial charge is 0.471 e. The molecule has 0 aromatic carbocycles. The Balaban J connectivity index is 2.37. The zero-order chi connectivity index (χ0) is 14.9. The van der Waals surface area contributed by atoms with Crippen molar-refractivity contribution in [2.75, 3.05) is 6.54 Å². The van der Waals surface area contributed by atoms with E-state index in [4.69, 9.17) is 5.11 Å². The minimum Gasteiger partial charge on any atom is -0.479 e. The number of amides is 1. The van der Waals surface area contributed by atoms with Gasteiger partial charge in [0.1, 0.15) is 5.54 Å². The fourth-order valence-electron chi connectivity index (χ4n) is 2.80. The molecule has 3 rings (SSSR count). The zero-order valence-electron chi connectivity index (χ0n) is 9.10. The maximum absolute atomic E-state index is 12.7. The number of carboxylic acid groups (broad SMARTS) is 1. The van der Waals surface area contributed by atoms with Gasteiger partial charge in [0.15, 0.2) is 0 Å². The summed E-state index contributed by atoms with van der Waals surface area (Å²) in [6.45, 7) is -1.26. The first kappa shape index (κ1) is 13.9. The van der Waals surface area contributed by atoms with Gasteiger partial charge < -0.3 is 10.0 Å². The Morgan fingerprint density at radius 2 is 1.53 bits per heavy atom. The van der Waals surface area contributed by atoms with Crippen molar-refractivity contribution in [2.24, 2.45) is 5.41 Å². The first-order valence-corrected chi connectivity index (χ1v) is 5.05. The summed E-state index contributed by atoms with van der Waals surface area (Å²) in [4.78, 5) is 21.8. The van der Waals surface area contributed by atoms with Gasteiger partial charge in [-0.2, -0.15) is 26.3 Å². The SMILES string of the molecule is O=C(N1CC2(C(F)(F)F)CC1(C(=O)O)C2)C(F)(F)F. The van der Waals surface area contributed by atoms with Gasteiger partial charge in [-0.05, 0) is 12.8 Å². The van der Waals surface area contributed by atoms with E-state index in [1.54, 1.807) is 0 Å². The normalized spacial score (nSPS) is 34.1. The first-order valence-electron chi connectivity index (χ1n) is 5.05. The third-order valence-electron chi connectivity index (χ3n) is 3.73. The number of fused-ring (bicyclic) bond motifs is 1. The summed E-state index contributed by atoms with van der Waals surface area (Å²) >= 11 is 0. The molecule has 1 aliphatic carbocycles. The van der Waals surface area contributed by atoms with Gasteiger partial charge in [0.25, 0.3) is 0 Å². The molecule has 2 aliphatic heterocycles. The van der Waals surface area contributed by atoms with E-state index < -0.39 is 54.6 Å². The standard InChI is InChI=1S/C9H7F6NO3/c10-8(11,12)4(17)16-3-6(9(13,14)15)1-7(16,2-6)5(18)19/h1-3H2,(H,18,19). The quantitative estimate of drug-likeness (QED) is 0.746. The van der Waals surface area contributed by atoms with E-state index in [-0.39, 0.29) is 4.90 Å². The summed E-state index contributed by atoms with van der Waals surface area (Å²) in [5.41, 5.74) is -4.92. The molecule has 0 spiro atoms. The Kier molecular flexibility index (Phi) is 2.45. The van der Waals surface area contributed by atoms with Gasteiger partial charge in [0.2, 0.25) is 0 Å². The highest BCUT2D eigenvalue weighted by atomic mass is 19.4. The molecule has 10 heteroatoms. The first-order chi connectivity index (χ1) is 8.36. The van der Waals surface area contributed by atoms with Crippen LogP contribution in [-0.2, 0) is 9.59 Å². The molecule has 3 aliphatic rings. The van der Waals surface area contributed by atoms with Crippen LogP contribution in [0.2, 0.25) is 0 Å². The fraction of sp³-hybridized carbons (Fsp3) is 0.778. The number of hydrogen-bond donors (Lipinski definition) is 1. The lowest BCUT2D eigenvalue weighted by Gasteiger charge is -2.44. The van der Waals surface area contributed by atoms with Gasteiger partial charge in [-0.1, -0.05) is 0 Å². The molecule has 0 aromatic rings. The molecule has 3 fully saturated rings. The van der Waals surface area contributed by atoms with Crippen LogP contribution in [0.1, 0.15) is 12.8 Å². The minimum atomic E-state index is -5.40. The lowest BCUT2D eigenvalue weighted by atomic mass is 9.61. The Bertz CT molecular complexity index is 448. The van der Waals surface area contributed by atoms with Crippen LogP contribution in [0.4, 0.5) is 26.3 Å². The van der Waals surface area contributed by atoms with Crippen LogP contribution < -0.4 is 0 Å². The van der Waals surface area contributed by atoms with E-state index in [0.29, 0.717) is 0 Å². The van der Waals surface area contributed by atoms with Crippen LogP contribution in [0.15, 0.2) is 0 Å². The van der Waals surface area contributed by atoms with Gasteiger partial charge >= 0.3 is 24.2 Å². The molecule has 1 saturated carbocycles. The minimum absolute atomic E-state index is 0.206. The van der Waals surface area contributed by atoms with E-state index in [9.17, 15) is 35.9 Å². The highest BCUT2D eigenvalue weighted by Crippen LogP contribution is 2.66. The van der Waals surface area contributed by atoms with Crippen molar-refractivity contribution in [3.05, 3.63) is 0 Å². The Hall–Kier alpha value is -1.48. The van der Waals surface area contributed by atoms with Crippen LogP contribution >= 0.6 is 0 Å². The second kappa shape index (κ2) is 3.34. The monoisotopic (exact) mass is 291 g/mol. The molecular weight excluding hydrogens is 284 g/mol. The molecule has 0 radical (unpaired) electrons. The molecule has 0 aromatic heterocycles. The van der Waals surface area contributed by atoms with Crippen LogP contribution in [0.5, 0.6) is 0 Å². The second-order valence-electron chi connectivity index (χ2n) is 4.86.